The standard InChI is InChI=1S/C16H23NO3/c1-11(9-13-6-7-14(18)15(19)10-13)16(20)17-8-4-3-5-12(17)2/h6-7,10-12,18-19H,3-5,8-9H2,1-2H3. The quantitative estimate of drug-likeness (QED) is 0.835. The van der Waals surface area contributed by atoms with Crippen LogP contribution in [0.4, 0.5) is 0 Å². The number of hydrogen-bond acceptors (Lipinski definition) is 3. The topological polar surface area (TPSA) is 60.8 Å². The second-order valence-electron chi connectivity index (χ2n) is 5.80. The van der Waals surface area contributed by atoms with E-state index in [2.05, 4.69) is 6.92 Å². The van der Waals surface area contributed by atoms with Crippen molar-refractivity contribution < 1.29 is 15.0 Å². The number of benzene rings is 1. The zero-order valence-electron chi connectivity index (χ0n) is 12.2. The Morgan fingerprint density at radius 3 is 2.75 bits per heavy atom. The van der Waals surface area contributed by atoms with E-state index in [0.717, 1.165) is 24.9 Å². The number of hydrogen-bond donors (Lipinski definition) is 2. The molecule has 2 rings (SSSR count). The fraction of sp³-hybridized carbons (Fsp3) is 0.562. The van der Waals surface area contributed by atoms with Crippen LogP contribution >= 0.6 is 0 Å². The van der Waals surface area contributed by atoms with E-state index in [-0.39, 0.29) is 23.3 Å². The molecular weight excluding hydrogens is 254 g/mol. The molecule has 20 heavy (non-hydrogen) atoms. The van der Waals surface area contributed by atoms with Gasteiger partial charge in [0.2, 0.25) is 5.91 Å². The number of phenols is 2. The molecule has 4 nitrogen and oxygen atoms in total. The van der Waals surface area contributed by atoms with Gasteiger partial charge in [-0.2, -0.15) is 0 Å². The maximum absolute atomic E-state index is 12.5. The lowest BCUT2D eigenvalue weighted by atomic mass is 9.96. The molecular formula is C16H23NO3. The summed E-state index contributed by atoms with van der Waals surface area (Å²) >= 11 is 0. The van der Waals surface area contributed by atoms with Crippen LogP contribution < -0.4 is 0 Å². The molecule has 4 heteroatoms. The Labute approximate surface area is 120 Å². The summed E-state index contributed by atoms with van der Waals surface area (Å²) in [5.74, 6) is -0.185. The first-order chi connectivity index (χ1) is 9.49. The number of nitrogens with zero attached hydrogens (tertiary/aromatic N) is 1. The highest BCUT2D eigenvalue weighted by Gasteiger charge is 2.26. The van der Waals surface area contributed by atoms with Gasteiger partial charge in [0.25, 0.3) is 0 Å². The fourth-order valence-corrected chi connectivity index (χ4v) is 2.85. The zero-order chi connectivity index (χ0) is 14.7. The molecule has 1 heterocycles. The number of carbonyl (C=O) groups is 1. The van der Waals surface area contributed by atoms with Crippen LogP contribution in [0.5, 0.6) is 11.5 Å². The van der Waals surface area contributed by atoms with Crippen molar-refractivity contribution in [1.29, 1.82) is 0 Å². The van der Waals surface area contributed by atoms with Gasteiger partial charge in [0, 0.05) is 18.5 Å². The van der Waals surface area contributed by atoms with Gasteiger partial charge in [-0.1, -0.05) is 13.0 Å². The van der Waals surface area contributed by atoms with E-state index in [1.807, 2.05) is 11.8 Å². The van der Waals surface area contributed by atoms with E-state index in [4.69, 9.17) is 0 Å². The summed E-state index contributed by atoms with van der Waals surface area (Å²) in [6.45, 7) is 4.88. The Bertz CT molecular complexity index is 487. The molecule has 1 saturated heterocycles. The summed E-state index contributed by atoms with van der Waals surface area (Å²) in [6, 6.07) is 5.06. The number of piperidine rings is 1. The smallest absolute Gasteiger partial charge is 0.225 e. The largest absolute Gasteiger partial charge is 0.504 e. The van der Waals surface area contributed by atoms with Crippen LogP contribution in [0.25, 0.3) is 0 Å². The van der Waals surface area contributed by atoms with Gasteiger partial charge >= 0.3 is 0 Å². The third kappa shape index (κ3) is 3.24. The first-order valence-corrected chi connectivity index (χ1v) is 7.30. The molecule has 0 bridgehead atoms. The van der Waals surface area contributed by atoms with Gasteiger partial charge in [-0.25, -0.2) is 0 Å². The molecule has 0 radical (unpaired) electrons. The molecule has 0 spiro atoms. The summed E-state index contributed by atoms with van der Waals surface area (Å²) in [7, 11) is 0. The predicted octanol–water partition coefficient (Wildman–Crippen LogP) is 2.68. The maximum Gasteiger partial charge on any atom is 0.225 e. The van der Waals surface area contributed by atoms with Gasteiger partial charge in [0.1, 0.15) is 0 Å². The molecule has 1 aromatic rings. The lowest BCUT2D eigenvalue weighted by Gasteiger charge is -2.35. The molecule has 2 N–H and O–H groups in total. The third-order valence-corrected chi connectivity index (χ3v) is 4.09. The van der Waals surface area contributed by atoms with Crippen LogP contribution in [-0.4, -0.2) is 33.6 Å². The van der Waals surface area contributed by atoms with Gasteiger partial charge in [0.15, 0.2) is 11.5 Å². The second-order valence-corrected chi connectivity index (χ2v) is 5.80. The average molecular weight is 277 g/mol. The number of aromatic hydroxyl groups is 2. The van der Waals surface area contributed by atoms with E-state index in [0.29, 0.717) is 12.5 Å². The van der Waals surface area contributed by atoms with Crippen molar-refractivity contribution in [2.24, 2.45) is 5.92 Å². The molecule has 1 fully saturated rings. The first kappa shape index (κ1) is 14.7. The van der Waals surface area contributed by atoms with Crippen molar-refractivity contribution in [3.05, 3.63) is 23.8 Å². The first-order valence-electron chi connectivity index (χ1n) is 7.30. The Morgan fingerprint density at radius 1 is 1.35 bits per heavy atom. The van der Waals surface area contributed by atoms with Crippen molar-refractivity contribution in [1.82, 2.24) is 4.90 Å². The molecule has 1 amide bonds. The Morgan fingerprint density at radius 2 is 2.10 bits per heavy atom. The van der Waals surface area contributed by atoms with Crippen molar-refractivity contribution in [3.63, 3.8) is 0 Å². The van der Waals surface area contributed by atoms with Crippen LogP contribution in [0.3, 0.4) is 0 Å². The number of carbonyl (C=O) groups excluding carboxylic acids is 1. The summed E-state index contributed by atoms with van der Waals surface area (Å²) in [6.07, 6.45) is 3.95. The second kappa shape index (κ2) is 6.16. The molecule has 0 saturated carbocycles. The molecule has 1 aliphatic heterocycles. The summed E-state index contributed by atoms with van der Waals surface area (Å²) in [4.78, 5) is 14.5. The predicted molar refractivity (Wildman–Crippen MR) is 77.7 cm³/mol. The van der Waals surface area contributed by atoms with E-state index in [1.165, 1.54) is 18.6 Å². The third-order valence-electron chi connectivity index (χ3n) is 4.09. The molecule has 1 aliphatic rings. The van der Waals surface area contributed by atoms with Crippen LogP contribution in [0.2, 0.25) is 0 Å². The van der Waals surface area contributed by atoms with E-state index < -0.39 is 0 Å². The SMILES string of the molecule is CC(Cc1ccc(O)c(O)c1)C(=O)N1CCCCC1C. The molecule has 2 unspecified atom stereocenters. The zero-order valence-corrected chi connectivity index (χ0v) is 12.2. The normalized spacial score (nSPS) is 20.7. The number of amides is 1. The Kier molecular flexibility index (Phi) is 4.53. The van der Waals surface area contributed by atoms with E-state index in [1.54, 1.807) is 6.07 Å². The number of likely N-dealkylation sites (tertiary alicyclic amines) is 1. The highest BCUT2D eigenvalue weighted by Crippen LogP contribution is 2.27. The highest BCUT2D eigenvalue weighted by molar-refractivity contribution is 5.79. The minimum absolute atomic E-state index is 0.112. The van der Waals surface area contributed by atoms with Gasteiger partial charge in [-0.05, 0) is 50.3 Å². The molecule has 2 atom stereocenters. The monoisotopic (exact) mass is 277 g/mol. The lowest BCUT2D eigenvalue weighted by molar-refractivity contribution is -0.138. The lowest BCUT2D eigenvalue weighted by Crippen LogP contribution is -2.44. The molecule has 1 aromatic carbocycles. The van der Waals surface area contributed by atoms with Crippen LogP contribution in [0.15, 0.2) is 18.2 Å². The van der Waals surface area contributed by atoms with Crippen LogP contribution in [0.1, 0.15) is 38.7 Å². The highest BCUT2D eigenvalue weighted by atomic mass is 16.3. The van der Waals surface area contributed by atoms with Crippen LogP contribution in [-0.2, 0) is 11.2 Å². The summed E-state index contributed by atoms with van der Waals surface area (Å²) in [5, 5.41) is 18.8. The molecule has 0 aliphatic carbocycles. The van der Waals surface area contributed by atoms with Crippen molar-refractivity contribution in [2.75, 3.05) is 6.54 Å². The molecule has 110 valence electrons. The molecule has 0 aromatic heterocycles. The number of phenolic OH excluding ortho intramolecular Hbond substituents is 2. The number of rotatable bonds is 3. The Hall–Kier alpha value is -1.71. The van der Waals surface area contributed by atoms with Gasteiger partial charge in [0.05, 0.1) is 0 Å². The van der Waals surface area contributed by atoms with E-state index in [9.17, 15) is 15.0 Å². The van der Waals surface area contributed by atoms with Gasteiger partial charge in [-0.3, -0.25) is 4.79 Å². The average Bonchev–Trinajstić information content (AvgIpc) is 2.42. The summed E-state index contributed by atoms with van der Waals surface area (Å²) < 4.78 is 0. The van der Waals surface area contributed by atoms with Crippen LogP contribution in [0, 0.1) is 5.92 Å². The maximum atomic E-state index is 12.5. The van der Waals surface area contributed by atoms with Crippen molar-refractivity contribution in [3.8, 4) is 11.5 Å². The van der Waals surface area contributed by atoms with Crippen molar-refractivity contribution in [2.45, 2.75) is 45.6 Å². The minimum Gasteiger partial charge on any atom is -0.504 e. The van der Waals surface area contributed by atoms with E-state index >= 15 is 0 Å². The van der Waals surface area contributed by atoms with Gasteiger partial charge < -0.3 is 15.1 Å². The van der Waals surface area contributed by atoms with Crippen molar-refractivity contribution >= 4 is 5.91 Å². The van der Waals surface area contributed by atoms with Gasteiger partial charge in [-0.15, -0.1) is 0 Å². The summed E-state index contributed by atoms with van der Waals surface area (Å²) in [5.41, 5.74) is 0.866. The minimum atomic E-state index is -0.131. The fourth-order valence-electron chi connectivity index (χ4n) is 2.85. The Balaban J connectivity index is 2.01.